The van der Waals surface area contributed by atoms with Crippen molar-refractivity contribution in [2.45, 2.75) is 59.3 Å². The molecule has 0 aliphatic heterocycles. The molecule has 5 N–H and O–H groups in total. The number of hydrogen-bond donors (Lipinski definition) is 4. The Labute approximate surface area is 299 Å². The van der Waals surface area contributed by atoms with Gasteiger partial charge in [-0.1, -0.05) is 60.1 Å². The summed E-state index contributed by atoms with van der Waals surface area (Å²) in [5, 5.41) is 20.6. The summed E-state index contributed by atoms with van der Waals surface area (Å²) < 4.78 is 5.73. The smallest absolute Gasteiger partial charge is 0.410 e. The van der Waals surface area contributed by atoms with E-state index in [0.29, 0.717) is 18.1 Å². The van der Waals surface area contributed by atoms with E-state index in [2.05, 4.69) is 46.5 Å². The minimum atomic E-state index is -0.597. The highest BCUT2D eigenvalue weighted by molar-refractivity contribution is 6.33. The molecule has 2 amide bonds. The number of carbonyl (C=O) groups excluding carboxylic acids is 2. The van der Waals surface area contributed by atoms with E-state index in [1.807, 2.05) is 75.5 Å². The first kappa shape index (κ1) is 38.0. The van der Waals surface area contributed by atoms with Gasteiger partial charge in [0, 0.05) is 65.3 Å². The van der Waals surface area contributed by atoms with Crippen LogP contribution in [-0.2, 0) is 22.7 Å². The van der Waals surface area contributed by atoms with E-state index in [4.69, 9.17) is 26.1 Å². The molecule has 2 aromatic heterocycles. The molecule has 5 aromatic rings. The topological polar surface area (TPSA) is 143 Å². The molecule has 0 bridgehead atoms. The summed E-state index contributed by atoms with van der Waals surface area (Å²) in [5.74, 6) is 0.862. The van der Waals surface area contributed by atoms with Crippen LogP contribution in [0, 0.1) is 6.92 Å². The number of ether oxygens (including phenoxy) is 1. The second kappa shape index (κ2) is 18.3. The molecule has 10 nitrogen and oxygen atoms in total. The predicted octanol–water partition coefficient (Wildman–Crippen LogP) is 7.22. The van der Waals surface area contributed by atoms with Gasteiger partial charge in [-0.05, 0) is 87.5 Å². The number of primary amides is 1. The van der Waals surface area contributed by atoms with Crippen molar-refractivity contribution in [1.82, 2.24) is 20.2 Å². The van der Waals surface area contributed by atoms with Crippen LogP contribution in [0.25, 0.3) is 32.8 Å². The maximum absolute atomic E-state index is 13.2. The van der Waals surface area contributed by atoms with Crippen LogP contribution in [0.2, 0.25) is 5.02 Å². The second-order valence-electron chi connectivity index (χ2n) is 13.0. The number of nitrogens with two attached hydrogens (primary N) is 1. The third-order valence-electron chi connectivity index (χ3n) is 7.91. The van der Waals surface area contributed by atoms with Gasteiger partial charge in [0.1, 0.15) is 11.4 Å². The molecule has 0 saturated carbocycles. The van der Waals surface area contributed by atoms with E-state index in [1.54, 1.807) is 11.1 Å². The Morgan fingerprint density at radius 2 is 1.76 bits per heavy atom. The average molecular weight is 699 g/mol. The van der Waals surface area contributed by atoms with Crippen molar-refractivity contribution in [1.29, 1.82) is 0 Å². The first-order valence-corrected chi connectivity index (χ1v) is 17.1. The number of anilines is 1. The Morgan fingerprint density at radius 3 is 2.50 bits per heavy atom. The van der Waals surface area contributed by atoms with Crippen molar-refractivity contribution >= 4 is 51.6 Å². The van der Waals surface area contributed by atoms with Gasteiger partial charge in [-0.2, -0.15) is 0 Å². The highest BCUT2D eigenvalue weighted by Gasteiger charge is 2.22. The fourth-order valence-corrected chi connectivity index (χ4v) is 5.92. The third-order valence-corrected chi connectivity index (χ3v) is 8.23. The Kier molecular flexibility index (Phi) is 13.9. The molecule has 0 atom stereocenters. The lowest BCUT2D eigenvalue weighted by Crippen LogP contribution is -2.37. The number of halogens is 1. The summed E-state index contributed by atoms with van der Waals surface area (Å²) in [6.45, 7) is 10.9. The number of aliphatic hydroxyl groups excluding tert-OH is 1. The first-order valence-electron chi connectivity index (χ1n) is 16.7. The maximum atomic E-state index is 13.2. The minimum Gasteiger partial charge on any atom is -0.444 e. The van der Waals surface area contributed by atoms with E-state index in [0.717, 1.165) is 82.2 Å². The number of amides is 2. The molecule has 0 unspecified atom stereocenters. The zero-order valence-electron chi connectivity index (χ0n) is 29.2. The summed E-state index contributed by atoms with van der Waals surface area (Å²) in [7, 11) is 0. The number of fused-ring (bicyclic) bond motifs is 3. The van der Waals surface area contributed by atoms with Gasteiger partial charge in [0.15, 0.2) is 0 Å². The van der Waals surface area contributed by atoms with Gasteiger partial charge in [-0.25, -0.2) is 9.78 Å². The van der Waals surface area contributed by atoms with E-state index < -0.39 is 5.60 Å². The number of benzene rings is 3. The molecule has 264 valence electrons. The second-order valence-corrected chi connectivity index (χ2v) is 13.4. The van der Waals surface area contributed by atoms with Crippen LogP contribution in [0.1, 0.15) is 50.3 Å². The largest absolute Gasteiger partial charge is 0.444 e. The standard InChI is InChI=1S/C38H44ClN5O3.CH3NO/c1-26-11-13-31-33-23-41-17-15-32(33)36(43-35(31)21-26)42-19-18-40-16-7-8-20-44(37(46)47-38(2,3)4)24-27-12-14-30(34(39)22-27)29-10-6-5-9-28(29)25-45;2-1-3/h5-6,9-15,17,21-23,40,45H,7-8,16,18-20,24-25H2,1-4H3,(H,42,43);1H,(H2,2,3). The summed E-state index contributed by atoms with van der Waals surface area (Å²) in [6, 6.07) is 21.8. The highest BCUT2D eigenvalue weighted by Crippen LogP contribution is 2.32. The lowest BCUT2D eigenvalue weighted by atomic mass is 9.99. The summed E-state index contributed by atoms with van der Waals surface area (Å²) in [5.41, 5.74) is 9.17. The molecule has 5 rings (SSSR count). The molecule has 11 heteroatoms. The quantitative estimate of drug-likeness (QED) is 0.0573. The number of pyridine rings is 2. The predicted molar refractivity (Wildman–Crippen MR) is 202 cm³/mol. The Balaban J connectivity index is 0.00000181. The molecule has 0 aliphatic carbocycles. The van der Waals surface area contributed by atoms with E-state index in [-0.39, 0.29) is 19.1 Å². The van der Waals surface area contributed by atoms with E-state index in [9.17, 15) is 9.90 Å². The zero-order chi connectivity index (χ0) is 36.1. The van der Waals surface area contributed by atoms with Gasteiger partial charge in [-0.3, -0.25) is 9.78 Å². The van der Waals surface area contributed by atoms with Crippen LogP contribution < -0.4 is 16.4 Å². The number of rotatable bonds is 13. The molecular weight excluding hydrogens is 652 g/mol. The van der Waals surface area contributed by atoms with Gasteiger partial charge in [0.2, 0.25) is 6.41 Å². The van der Waals surface area contributed by atoms with Gasteiger partial charge in [0.25, 0.3) is 0 Å². The van der Waals surface area contributed by atoms with Gasteiger partial charge in [0.05, 0.1) is 12.1 Å². The van der Waals surface area contributed by atoms with Gasteiger partial charge in [-0.15, -0.1) is 0 Å². The average Bonchev–Trinajstić information content (AvgIpc) is 3.08. The molecule has 0 spiro atoms. The maximum Gasteiger partial charge on any atom is 0.410 e. The first-order chi connectivity index (χ1) is 24.0. The number of unbranched alkanes of at least 4 members (excludes halogenated alkanes) is 1. The van der Waals surface area contributed by atoms with Crippen molar-refractivity contribution in [3.63, 3.8) is 0 Å². The summed E-state index contributed by atoms with van der Waals surface area (Å²) in [4.78, 5) is 32.7. The number of nitrogens with zero attached hydrogens (tertiary/aromatic N) is 3. The summed E-state index contributed by atoms with van der Waals surface area (Å²) in [6.07, 6.45) is 5.33. The Hall–Kier alpha value is -4.77. The Morgan fingerprint density at radius 1 is 0.980 bits per heavy atom. The lowest BCUT2D eigenvalue weighted by molar-refractivity contribution is -0.106. The van der Waals surface area contributed by atoms with Crippen molar-refractivity contribution in [3.05, 3.63) is 101 Å². The van der Waals surface area contributed by atoms with Crippen LogP contribution in [-0.4, -0.2) is 64.3 Å². The molecule has 3 aromatic carbocycles. The fourth-order valence-electron chi connectivity index (χ4n) is 5.62. The van der Waals surface area contributed by atoms with E-state index >= 15 is 0 Å². The van der Waals surface area contributed by atoms with Crippen LogP contribution in [0.3, 0.4) is 0 Å². The van der Waals surface area contributed by atoms with Crippen LogP contribution >= 0.6 is 11.6 Å². The third kappa shape index (κ3) is 10.6. The SMILES string of the molecule is Cc1ccc2c(c1)nc(NCCNCCCCN(Cc1ccc(-c3ccccc3CO)c(Cl)c1)C(=O)OC(C)(C)C)c1ccncc12.NC=O. The number of aliphatic hydroxyl groups is 1. The number of nitrogens with one attached hydrogen (secondary N) is 2. The Bertz CT molecular complexity index is 1890. The summed E-state index contributed by atoms with van der Waals surface area (Å²) >= 11 is 6.71. The number of aromatic nitrogens is 2. The molecular formula is C39H47ClN6O4. The van der Waals surface area contributed by atoms with Crippen molar-refractivity contribution in [3.8, 4) is 11.1 Å². The normalized spacial score (nSPS) is 11.2. The number of carbonyl (C=O) groups is 2. The van der Waals surface area contributed by atoms with Crippen LogP contribution in [0.15, 0.2) is 79.1 Å². The van der Waals surface area contributed by atoms with Crippen molar-refractivity contribution in [2.24, 2.45) is 5.73 Å². The minimum absolute atomic E-state index is 0.0669. The van der Waals surface area contributed by atoms with Crippen molar-refractivity contribution in [2.75, 3.05) is 31.5 Å². The molecule has 0 saturated heterocycles. The van der Waals surface area contributed by atoms with Crippen LogP contribution in [0.5, 0.6) is 0 Å². The van der Waals surface area contributed by atoms with E-state index in [1.165, 1.54) is 5.56 Å². The molecule has 2 heterocycles. The van der Waals surface area contributed by atoms with Gasteiger partial charge < -0.3 is 31.1 Å². The van der Waals surface area contributed by atoms with Crippen LogP contribution in [0.4, 0.5) is 10.6 Å². The number of hydrogen-bond acceptors (Lipinski definition) is 8. The lowest BCUT2D eigenvalue weighted by Gasteiger charge is -2.28. The zero-order valence-corrected chi connectivity index (χ0v) is 30.0. The highest BCUT2D eigenvalue weighted by atomic mass is 35.5. The van der Waals surface area contributed by atoms with Gasteiger partial charge >= 0.3 is 6.09 Å². The molecule has 0 aliphatic rings. The molecule has 0 radical (unpaired) electrons. The van der Waals surface area contributed by atoms with Crippen molar-refractivity contribution < 1.29 is 19.4 Å². The molecule has 0 fully saturated rings. The molecule has 50 heavy (non-hydrogen) atoms. The number of aryl methyl sites for hydroxylation is 1. The fraction of sp³-hybridized carbons (Fsp3) is 0.333. The monoisotopic (exact) mass is 698 g/mol.